The van der Waals surface area contributed by atoms with E-state index in [1.807, 2.05) is 36.6 Å². The average molecular weight is 414 g/mol. The van der Waals surface area contributed by atoms with Crippen molar-refractivity contribution in [3.63, 3.8) is 0 Å². The maximum atomic E-state index is 12.2. The number of carbonyl (C=O) groups is 1. The minimum absolute atomic E-state index is 0.215. The molecule has 1 amide bonds. The molecule has 28 heavy (non-hydrogen) atoms. The van der Waals surface area contributed by atoms with Crippen molar-refractivity contribution in [2.45, 2.75) is 6.92 Å². The molecule has 0 radical (unpaired) electrons. The van der Waals surface area contributed by atoms with Gasteiger partial charge in [-0.05, 0) is 25.1 Å². The summed E-state index contributed by atoms with van der Waals surface area (Å²) in [4.78, 5) is 16.6. The molecular weight excluding hydrogens is 398 g/mol. The van der Waals surface area contributed by atoms with Crippen LogP contribution in [0.25, 0.3) is 11.3 Å². The molecule has 0 fully saturated rings. The van der Waals surface area contributed by atoms with Crippen LogP contribution in [-0.4, -0.2) is 24.1 Å². The third-order valence-corrected chi connectivity index (χ3v) is 4.72. The maximum Gasteiger partial charge on any atom is 0.264 e. The molecule has 0 aliphatic heterocycles. The van der Waals surface area contributed by atoms with E-state index in [-0.39, 0.29) is 12.5 Å². The van der Waals surface area contributed by atoms with Crippen molar-refractivity contribution in [1.29, 1.82) is 5.26 Å². The summed E-state index contributed by atoms with van der Waals surface area (Å²) in [6.07, 6.45) is 0. The normalized spacial score (nSPS) is 10.2. The number of carbonyl (C=O) groups excluding carboxylic acids is 1. The second-order valence-corrected chi connectivity index (χ2v) is 6.83. The van der Waals surface area contributed by atoms with E-state index in [4.69, 9.17) is 26.3 Å². The number of hydrogen-bond acceptors (Lipinski definition) is 6. The van der Waals surface area contributed by atoms with Crippen LogP contribution in [0.15, 0.2) is 47.8 Å². The molecule has 0 saturated carbocycles. The van der Waals surface area contributed by atoms with Gasteiger partial charge in [0.15, 0.2) is 23.2 Å². The Morgan fingerprint density at radius 3 is 2.82 bits per heavy atom. The third kappa shape index (κ3) is 4.80. The first-order valence-corrected chi connectivity index (χ1v) is 9.66. The van der Waals surface area contributed by atoms with Crippen LogP contribution in [-0.2, 0) is 4.79 Å². The number of thiazole rings is 1. The Kier molecular flexibility index (Phi) is 6.48. The van der Waals surface area contributed by atoms with Crippen LogP contribution in [0, 0.1) is 11.3 Å². The number of aromatic nitrogens is 1. The minimum Gasteiger partial charge on any atom is -0.490 e. The predicted octanol–water partition coefficient (Wildman–Crippen LogP) is 4.75. The van der Waals surface area contributed by atoms with Gasteiger partial charge < -0.3 is 9.47 Å². The SMILES string of the molecule is CCOc1cc(C#N)ccc1OCC(=O)Nc1nc(-c2ccccc2Cl)cs1. The summed E-state index contributed by atoms with van der Waals surface area (Å²) < 4.78 is 11.0. The van der Waals surface area contributed by atoms with Crippen molar-refractivity contribution < 1.29 is 14.3 Å². The van der Waals surface area contributed by atoms with Crippen molar-refractivity contribution in [3.05, 3.63) is 58.4 Å². The number of ether oxygens (including phenoxy) is 2. The molecule has 2 aromatic carbocycles. The lowest BCUT2D eigenvalue weighted by Crippen LogP contribution is -2.20. The van der Waals surface area contributed by atoms with E-state index in [9.17, 15) is 4.79 Å². The predicted molar refractivity (Wildman–Crippen MR) is 109 cm³/mol. The van der Waals surface area contributed by atoms with Crippen LogP contribution in [0.5, 0.6) is 11.5 Å². The standard InChI is InChI=1S/C20H16ClN3O3S/c1-2-26-18-9-13(10-22)7-8-17(18)27-11-19(25)24-20-23-16(12-28-20)14-5-3-4-6-15(14)21/h3-9,12H,2,11H2,1H3,(H,23,24,25). The summed E-state index contributed by atoms with van der Waals surface area (Å²) in [5.74, 6) is 0.461. The van der Waals surface area contributed by atoms with Gasteiger partial charge in [0.05, 0.1) is 23.9 Å². The number of rotatable bonds is 7. The van der Waals surface area contributed by atoms with Crippen LogP contribution in [0.4, 0.5) is 5.13 Å². The highest BCUT2D eigenvalue weighted by Crippen LogP contribution is 2.31. The lowest BCUT2D eigenvalue weighted by molar-refractivity contribution is -0.118. The van der Waals surface area contributed by atoms with Crippen molar-refractivity contribution in [2.24, 2.45) is 0 Å². The van der Waals surface area contributed by atoms with Crippen molar-refractivity contribution in [3.8, 4) is 28.8 Å². The topological polar surface area (TPSA) is 84.2 Å². The zero-order chi connectivity index (χ0) is 19.9. The highest BCUT2D eigenvalue weighted by atomic mass is 35.5. The highest BCUT2D eigenvalue weighted by Gasteiger charge is 2.12. The molecule has 0 bridgehead atoms. The van der Waals surface area contributed by atoms with E-state index in [1.54, 1.807) is 24.3 Å². The first kappa shape index (κ1) is 19.7. The molecule has 0 unspecified atom stereocenters. The van der Waals surface area contributed by atoms with Gasteiger partial charge in [0.1, 0.15) is 0 Å². The summed E-state index contributed by atoms with van der Waals surface area (Å²) in [6.45, 7) is 2.03. The van der Waals surface area contributed by atoms with Gasteiger partial charge in [-0.15, -0.1) is 11.3 Å². The van der Waals surface area contributed by atoms with Crippen molar-refractivity contribution in [2.75, 3.05) is 18.5 Å². The van der Waals surface area contributed by atoms with E-state index in [0.717, 1.165) is 5.56 Å². The number of nitrogens with one attached hydrogen (secondary N) is 1. The maximum absolute atomic E-state index is 12.2. The lowest BCUT2D eigenvalue weighted by atomic mass is 10.2. The Balaban J connectivity index is 1.63. The fourth-order valence-corrected chi connectivity index (χ4v) is 3.35. The van der Waals surface area contributed by atoms with E-state index in [2.05, 4.69) is 10.3 Å². The van der Waals surface area contributed by atoms with E-state index in [1.165, 1.54) is 11.3 Å². The molecule has 0 saturated heterocycles. The number of anilines is 1. The molecule has 3 aromatic rings. The van der Waals surface area contributed by atoms with E-state index < -0.39 is 0 Å². The highest BCUT2D eigenvalue weighted by molar-refractivity contribution is 7.14. The average Bonchev–Trinajstić information content (AvgIpc) is 3.15. The van der Waals surface area contributed by atoms with Gasteiger partial charge in [0.2, 0.25) is 0 Å². The molecular formula is C20H16ClN3O3S. The Hall–Kier alpha value is -3.08. The third-order valence-electron chi connectivity index (χ3n) is 3.63. The number of amides is 1. The largest absolute Gasteiger partial charge is 0.490 e. The van der Waals surface area contributed by atoms with Crippen LogP contribution in [0.1, 0.15) is 12.5 Å². The summed E-state index contributed by atoms with van der Waals surface area (Å²) in [7, 11) is 0. The smallest absolute Gasteiger partial charge is 0.264 e. The van der Waals surface area contributed by atoms with Gasteiger partial charge in [-0.25, -0.2) is 4.98 Å². The van der Waals surface area contributed by atoms with Gasteiger partial charge in [0, 0.05) is 22.0 Å². The summed E-state index contributed by atoms with van der Waals surface area (Å²) in [5.41, 5.74) is 1.95. The Morgan fingerprint density at radius 1 is 1.25 bits per heavy atom. The van der Waals surface area contributed by atoms with Gasteiger partial charge in [0.25, 0.3) is 5.91 Å². The first-order chi connectivity index (χ1) is 13.6. The summed E-state index contributed by atoms with van der Waals surface area (Å²) >= 11 is 7.48. The number of nitrogens with zero attached hydrogens (tertiary/aromatic N) is 2. The first-order valence-electron chi connectivity index (χ1n) is 8.40. The second-order valence-electron chi connectivity index (χ2n) is 5.56. The zero-order valence-corrected chi connectivity index (χ0v) is 16.5. The van der Waals surface area contributed by atoms with Crippen molar-refractivity contribution in [1.82, 2.24) is 4.98 Å². The van der Waals surface area contributed by atoms with Crippen LogP contribution in [0.3, 0.4) is 0 Å². The molecule has 0 spiro atoms. The second kappa shape index (κ2) is 9.22. The molecule has 142 valence electrons. The fraction of sp³-hybridized carbons (Fsp3) is 0.150. The van der Waals surface area contributed by atoms with Crippen molar-refractivity contribution >= 4 is 34.0 Å². The van der Waals surface area contributed by atoms with Gasteiger partial charge in [-0.3, -0.25) is 10.1 Å². The monoisotopic (exact) mass is 413 g/mol. The van der Waals surface area contributed by atoms with E-state index >= 15 is 0 Å². The molecule has 8 heteroatoms. The zero-order valence-electron chi connectivity index (χ0n) is 14.9. The van der Waals surface area contributed by atoms with Crippen LogP contribution < -0.4 is 14.8 Å². The molecule has 3 rings (SSSR count). The molecule has 1 aromatic heterocycles. The van der Waals surface area contributed by atoms with E-state index in [0.29, 0.717) is 39.5 Å². The Bertz CT molecular complexity index is 1030. The quantitative estimate of drug-likeness (QED) is 0.604. The molecule has 6 nitrogen and oxygen atoms in total. The minimum atomic E-state index is -0.355. The Morgan fingerprint density at radius 2 is 2.07 bits per heavy atom. The van der Waals surface area contributed by atoms with Crippen LogP contribution in [0.2, 0.25) is 5.02 Å². The number of halogens is 1. The molecule has 0 aliphatic carbocycles. The van der Waals surface area contributed by atoms with Gasteiger partial charge in [-0.1, -0.05) is 29.8 Å². The number of nitriles is 1. The van der Waals surface area contributed by atoms with Gasteiger partial charge >= 0.3 is 0 Å². The fourth-order valence-electron chi connectivity index (χ4n) is 2.39. The number of hydrogen-bond donors (Lipinski definition) is 1. The van der Waals surface area contributed by atoms with Crippen LogP contribution >= 0.6 is 22.9 Å². The molecule has 0 atom stereocenters. The molecule has 1 N–H and O–H groups in total. The Labute approximate surface area is 171 Å². The molecule has 0 aliphatic rings. The lowest BCUT2D eigenvalue weighted by Gasteiger charge is -2.11. The summed E-state index contributed by atoms with van der Waals surface area (Å²) in [6, 6.07) is 14.2. The molecule has 1 heterocycles. The van der Waals surface area contributed by atoms with Gasteiger partial charge in [-0.2, -0.15) is 5.26 Å². The number of benzene rings is 2. The summed E-state index contributed by atoms with van der Waals surface area (Å²) in [5, 5.41) is 14.6.